The number of alkyl halides is 3. The summed E-state index contributed by atoms with van der Waals surface area (Å²) < 4.78 is 43.5. The third-order valence-electron chi connectivity index (χ3n) is 3.77. The van der Waals surface area contributed by atoms with Gasteiger partial charge in [-0.3, -0.25) is 9.69 Å². The lowest BCUT2D eigenvalue weighted by Gasteiger charge is -2.17. The molecule has 0 aromatic carbocycles. The first-order valence-electron chi connectivity index (χ1n) is 7.18. The average Bonchev–Trinajstić information content (AvgIpc) is 3.02. The number of fused-ring (bicyclic) bond motifs is 1. The molecule has 25 heavy (non-hydrogen) atoms. The lowest BCUT2D eigenvalue weighted by molar-refractivity contribution is -0.141. The van der Waals surface area contributed by atoms with Gasteiger partial charge in [0.2, 0.25) is 5.88 Å². The van der Waals surface area contributed by atoms with Crippen LogP contribution in [0, 0.1) is 11.3 Å². The number of carbonyl (C=O) groups is 1. The Morgan fingerprint density at radius 2 is 2.16 bits per heavy atom. The van der Waals surface area contributed by atoms with Crippen LogP contribution in [0.3, 0.4) is 0 Å². The van der Waals surface area contributed by atoms with Crippen molar-refractivity contribution in [3.8, 4) is 11.9 Å². The van der Waals surface area contributed by atoms with Gasteiger partial charge in [-0.15, -0.1) is 0 Å². The topological polar surface area (TPSA) is 79.1 Å². The van der Waals surface area contributed by atoms with E-state index in [4.69, 9.17) is 10.00 Å². The molecule has 0 spiro atoms. The molecule has 6 nitrogen and oxygen atoms in total. The predicted octanol–water partition coefficient (Wildman–Crippen LogP) is 2.58. The molecular weight excluding hydrogens is 337 g/mol. The van der Waals surface area contributed by atoms with Gasteiger partial charge in [-0.1, -0.05) is 0 Å². The number of aromatic nitrogens is 2. The van der Waals surface area contributed by atoms with E-state index in [1.165, 1.54) is 18.1 Å². The van der Waals surface area contributed by atoms with Gasteiger partial charge >= 0.3 is 6.18 Å². The van der Waals surface area contributed by atoms with Crippen LogP contribution in [0.5, 0.6) is 5.88 Å². The lowest BCUT2D eigenvalue weighted by Crippen LogP contribution is -2.30. The Hall–Kier alpha value is -3.15. The second-order valence-electron chi connectivity index (χ2n) is 5.27. The van der Waals surface area contributed by atoms with Gasteiger partial charge in [0, 0.05) is 18.8 Å². The number of halogens is 3. The molecule has 9 heteroatoms. The Balaban J connectivity index is 1.98. The number of nitriles is 1. The lowest BCUT2D eigenvalue weighted by atomic mass is 10.1. The Kier molecular flexibility index (Phi) is 4.04. The zero-order valence-electron chi connectivity index (χ0n) is 13.0. The average molecular weight is 348 g/mol. The minimum atomic E-state index is -4.76. The quantitative estimate of drug-likeness (QED) is 0.833. The summed E-state index contributed by atoms with van der Waals surface area (Å²) in [6.45, 7) is 0.331. The van der Waals surface area contributed by atoms with E-state index < -0.39 is 23.3 Å². The summed E-state index contributed by atoms with van der Waals surface area (Å²) in [5, 5.41) is 8.94. The molecule has 0 atom stereocenters. The summed E-state index contributed by atoms with van der Waals surface area (Å²) in [6.07, 6.45) is -3.37. The van der Waals surface area contributed by atoms with Crippen LogP contribution in [-0.2, 0) is 12.6 Å². The fourth-order valence-corrected chi connectivity index (χ4v) is 2.59. The van der Waals surface area contributed by atoms with Gasteiger partial charge in [-0.25, -0.2) is 4.98 Å². The number of hydrogen-bond acceptors (Lipinski definition) is 5. The zero-order valence-corrected chi connectivity index (χ0v) is 13.0. The van der Waals surface area contributed by atoms with Crippen LogP contribution < -0.4 is 9.64 Å². The van der Waals surface area contributed by atoms with E-state index in [1.54, 1.807) is 12.1 Å². The van der Waals surface area contributed by atoms with Crippen molar-refractivity contribution < 1.29 is 22.7 Å². The van der Waals surface area contributed by atoms with E-state index in [1.807, 2.05) is 0 Å². The van der Waals surface area contributed by atoms with Crippen LogP contribution in [0.15, 0.2) is 24.4 Å². The molecule has 0 bridgehead atoms. The number of methoxy groups -OCH3 is 1. The Bertz CT molecular complexity index is 890. The van der Waals surface area contributed by atoms with Crippen LogP contribution in [0.1, 0.15) is 27.2 Å². The smallest absolute Gasteiger partial charge is 0.434 e. The van der Waals surface area contributed by atoms with Crippen molar-refractivity contribution in [1.82, 2.24) is 9.97 Å². The SMILES string of the molecule is COc1ccc2c(n1)N(C(=O)c1cnc(C(F)(F)F)c(C#N)c1)CC2. The first-order chi connectivity index (χ1) is 11.8. The van der Waals surface area contributed by atoms with Gasteiger partial charge in [0.05, 0.1) is 18.2 Å². The van der Waals surface area contributed by atoms with Gasteiger partial charge < -0.3 is 4.74 Å². The maximum Gasteiger partial charge on any atom is 0.434 e. The molecule has 3 heterocycles. The van der Waals surface area contributed by atoms with Crippen molar-refractivity contribution in [2.24, 2.45) is 0 Å². The van der Waals surface area contributed by atoms with Crippen molar-refractivity contribution in [3.05, 3.63) is 46.8 Å². The zero-order chi connectivity index (χ0) is 18.2. The summed E-state index contributed by atoms with van der Waals surface area (Å²) >= 11 is 0. The molecule has 0 saturated carbocycles. The van der Waals surface area contributed by atoms with Gasteiger partial charge in [0.1, 0.15) is 11.9 Å². The summed E-state index contributed by atoms with van der Waals surface area (Å²) in [6, 6.07) is 5.78. The Labute approximate surface area is 140 Å². The summed E-state index contributed by atoms with van der Waals surface area (Å²) in [5.74, 6) is 0.140. The number of rotatable bonds is 2. The number of anilines is 1. The fourth-order valence-electron chi connectivity index (χ4n) is 2.59. The normalized spacial score (nSPS) is 13.3. The van der Waals surface area contributed by atoms with Gasteiger partial charge in [0.25, 0.3) is 5.91 Å². The minimum absolute atomic E-state index is 0.109. The molecule has 3 rings (SSSR count). The van der Waals surface area contributed by atoms with Crippen LogP contribution in [-0.4, -0.2) is 29.5 Å². The number of pyridine rings is 2. The highest BCUT2D eigenvalue weighted by atomic mass is 19.4. The Morgan fingerprint density at radius 1 is 1.40 bits per heavy atom. The minimum Gasteiger partial charge on any atom is -0.481 e. The Morgan fingerprint density at radius 3 is 2.80 bits per heavy atom. The van der Waals surface area contributed by atoms with Gasteiger partial charge in [-0.2, -0.15) is 23.4 Å². The highest BCUT2D eigenvalue weighted by Crippen LogP contribution is 2.32. The van der Waals surface area contributed by atoms with Crippen LogP contribution >= 0.6 is 0 Å². The summed E-state index contributed by atoms with van der Waals surface area (Å²) in [5.41, 5.74) is -1.29. The molecule has 1 amide bonds. The molecule has 0 unspecified atom stereocenters. The molecule has 128 valence electrons. The monoisotopic (exact) mass is 348 g/mol. The second kappa shape index (κ2) is 6.05. The van der Waals surface area contributed by atoms with Crippen molar-refractivity contribution in [1.29, 1.82) is 5.26 Å². The van der Waals surface area contributed by atoms with Crippen molar-refractivity contribution in [3.63, 3.8) is 0 Å². The molecule has 0 saturated heterocycles. The van der Waals surface area contributed by atoms with E-state index in [0.29, 0.717) is 24.7 Å². The van der Waals surface area contributed by atoms with Crippen molar-refractivity contribution in [2.75, 3.05) is 18.6 Å². The third kappa shape index (κ3) is 2.98. The molecule has 0 fully saturated rings. The van der Waals surface area contributed by atoms with E-state index in [0.717, 1.165) is 17.8 Å². The highest BCUT2D eigenvalue weighted by Gasteiger charge is 2.36. The predicted molar refractivity (Wildman–Crippen MR) is 80.1 cm³/mol. The number of hydrogen-bond donors (Lipinski definition) is 0. The number of nitrogens with zero attached hydrogens (tertiary/aromatic N) is 4. The number of ether oxygens (including phenoxy) is 1. The fraction of sp³-hybridized carbons (Fsp3) is 0.250. The molecule has 1 aliphatic rings. The second-order valence-corrected chi connectivity index (χ2v) is 5.27. The maximum absolute atomic E-state index is 12.8. The maximum atomic E-state index is 12.8. The summed E-state index contributed by atoms with van der Waals surface area (Å²) in [4.78, 5) is 21.5. The van der Waals surface area contributed by atoms with E-state index >= 15 is 0 Å². The molecular formula is C16H11F3N4O2. The largest absolute Gasteiger partial charge is 0.481 e. The van der Waals surface area contributed by atoms with Crippen LogP contribution in [0.25, 0.3) is 0 Å². The number of amides is 1. The van der Waals surface area contributed by atoms with E-state index in [2.05, 4.69) is 9.97 Å². The summed E-state index contributed by atoms with van der Waals surface area (Å²) in [7, 11) is 1.44. The van der Waals surface area contributed by atoms with Crippen molar-refractivity contribution in [2.45, 2.75) is 12.6 Å². The third-order valence-corrected chi connectivity index (χ3v) is 3.77. The first kappa shape index (κ1) is 16.7. The van der Waals surface area contributed by atoms with E-state index in [-0.39, 0.29) is 5.56 Å². The molecule has 0 radical (unpaired) electrons. The molecule has 0 aliphatic carbocycles. The molecule has 0 N–H and O–H groups in total. The molecule has 2 aromatic rings. The molecule has 2 aromatic heterocycles. The van der Waals surface area contributed by atoms with Gasteiger partial charge in [0.15, 0.2) is 5.69 Å². The van der Waals surface area contributed by atoms with Crippen molar-refractivity contribution >= 4 is 11.7 Å². The standard InChI is InChI=1S/C16H11F3N4O2/c1-25-12-3-2-9-4-5-23(14(9)22-12)15(24)11-6-10(7-20)13(21-8-11)16(17,18)19/h2-3,6,8H,4-5H2,1H3. The number of carbonyl (C=O) groups excluding carboxylic acids is 1. The van der Waals surface area contributed by atoms with E-state index in [9.17, 15) is 18.0 Å². The first-order valence-corrected chi connectivity index (χ1v) is 7.18. The van der Waals surface area contributed by atoms with Gasteiger partial charge in [-0.05, 0) is 24.1 Å². The van der Waals surface area contributed by atoms with Crippen LogP contribution in [0.2, 0.25) is 0 Å². The molecule has 1 aliphatic heterocycles. The highest BCUT2D eigenvalue weighted by molar-refractivity contribution is 6.06. The van der Waals surface area contributed by atoms with Crippen LogP contribution in [0.4, 0.5) is 19.0 Å².